The Morgan fingerprint density at radius 2 is 1.37 bits per heavy atom. The fraction of sp³-hybridized carbons (Fsp3) is 0.714. The van der Waals surface area contributed by atoms with Gasteiger partial charge in [0.1, 0.15) is 6.10 Å². The van der Waals surface area contributed by atoms with Crippen LogP contribution in [0.1, 0.15) is 76.7 Å². The molecule has 2 atom stereocenters. The number of aryl methyl sites for hydroxylation is 1. The lowest BCUT2D eigenvalue weighted by atomic mass is 10.0. The fourth-order valence-corrected chi connectivity index (χ4v) is 3.82. The van der Waals surface area contributed by atoms with Crippen molar-refractivity contribution in [2.75, 3.05) is 6.61 Å². The Morgan fingerprint density at radius 3 is 1.93 bits per heavy atom. The van der Waals surface area contributed by atoms with Crippen LogP contribution >= 0.6 is 0 Å². The van der Waals surface area contributed by atoms with E-state index in [4.69, 9.17) is 4.18 Å². The molecule has 0 aliphatic rings. The summed E-state index contributed by atoms with van der Waals surface area (Å²) in [5.41, 5.74) is 0.949. The lowest BCUT2D eigenvalue weighted by Gasteiger charge is -2.17. The molecule has 0 aliphatic carbocycles. The van der Waals surface area contributed by atoms with Crippen LogP contribution in [0.15, 0.2) is 29.2 Å². The summed E-state index contributed by atoms with van der Waals surface area (Å²) >= 11 is 0. The van der Waals surface area contributed by atoms with E-state index in [0.717, 1.165) is 24.8 Å². The number of unbranched alkanes of at least 4 members (excludes halogenated alkanes) is 8. The lowest BCUT2D eigenvalue weighted by Crippen LogP contribution is -2.31. The predicted molar refractivity (Wildman–Crippen MR) is 108 cm³/mol. The van der Waals surface area contributed by atoms with Gasteiger partial charge in [0.25, 0.3) is 10.1 Å². The van der Waals surface area contributed by atoms with Gasteiger partial charge in [-0.2, -0.15) is 8.42 Å². The van der Waals surface area contributed by atoms with Gasteiger partial charge in [-0.3, -0.25) is 4.18 Å². The van der Waals surface area contributed by atoms with E-state index in [1.54, 1.807) is 12.1 Å². The van der Waals surface area contributed by atoms with Gasteiger partial charge in [0.05, 0.1) is 17.6 Å². The van der Waals surface area contributed by atoms with Crippen LogP contribution in [-0.2, 0) is 14.3 Å². The van der Waals surface area contributed by atoms with Gasteiger partial charge in [-0.25, -0.2) is 0 Å². The van der Waals surface area contributed by atoms with Crippen molar-refractivity contribution in [2.24, 2.45) is 0 Å². The third-order valence-corrected chi connectivity index (χ3v) is 6.05. The van der Waals surface area contributed by atoms with Gasteiger partial charge in [-0.15, -0.1) is 0 Å². The molecule has 1 aromatic rings. The Kier molecular flexibility index (Phi) is 11.8. The van der Waals surface area contributed by atoms with Gasteiger partial charge < -0.3 is 10.2 Å². The molecule has 0 spiro atoms. The average Bonchev–Trinajstić information content (AvgIpc) is 2.65. The summed E-state index contributed by atoms with van der Waals surface area (Å²) in [4.78, 5) is 0.0497. The van der Waals surface area contributed by atoms with E-state index in [1.165, 1.54) is 50.7 Å². The molecule has 0 fully saturated rings. The first-order valence-electron chi connectivity index (χ1n) is 10.2. The molecule has 0 unspecified atom stereocenters. The number of aliphatic hydroxyl groups excluding tert-OH is 2. The van der Waals surface area contributed by atoms with Crippen LogP contribution < -0.4 is 0 Å². The van der Waals surface area contributed by atoms with Crippen molar-refractivity contribution in [1.82, 2.24) is 0 Å². The van der Waals surface area contributed by atoms with E-state index in [9.17, 15) is 18.6 Å². The molecule has 1 aromatic carbocycles. The van der Waals surface area contributed by atoms with Crippen LogP contribution in [-0.4, -0.2) is 37.4 Å². The Morgan fingerprint density at radius 1 is 0.852 bits per heavy atom. The highest BCUT2D eigenvalue weighted by Gasteiger charge is 2.21. The molecule has 0 bridgehead atoms. The molecule has 0 amide bonds. The second-order valence-electron chi connectivity index (χ2n) is 7.30. The van der Waals surface area contributed by atoms with Crippen molar-refractivity contribution in [3.05, 3.63) is 29.8 Å². The maximum Gasteiger partial charge on any atom is 0.297 e. The molecule has 2 N–H and O–H groups in total. The summed E-state index contributed by atoms with van der Waals surface area (Å²) < 4.78 is 29.1. The quantitative estimate of drug-likeness (QED) is 0.338. The zero-order valence-corrected chi connectivity index (χ0v) is 17.6. The van der Waals surface area contributed by atoms with Crippen LogP contribution in [0.4, 0.5) is 0 Å². The highest BCUT2D eigenvalue weighted by atomic mass is 32.2. The summed E-state index contributed by atoms with van der Waals surface area (Å²) in [6, 6.07) is 6.31. The summed E-state index contributed by atoms with van der Waals surface area (Å²) in [5.74, 6) is 0. The highest BCUT2D eigenvalue weighted by molar-refractivity contribution is 7.86. The zero-order chi connectivity index (χ0) is 20.1. The number of benzene rings is 1. The number of hydrogen-bond donors (Lipinski definition) is 2. The molecule has 1 rings (SSSR count). The topological polar surface area (TPSA) is 83.8 Å². The third kappa shape index (κ3) is 10.2. The number of aliphatic hydroxyl groups is 2. The molecule has 0 radical (unpaired) electrons. The molecular weight excluding hydrogens is 364 g/mol. The first-order chi connectivity index (χ1) is 12.9. The minimum Gasteiger partial charge on any atom is -0.390 e. The Labute approximate surface area is 164 Å². The van der Waals surface area contributed by atoms with Crippen molar-refractivity contribution in [3.8, 4) is 0 Å². The van der Waals surface area contributed by atoms with Crippen molar-refractivity contribution in [1.29, 1.82) is 0 Å². The molecule has 0 aromatic heterocycles. The maximum absolute atomic E-state index is 12.1. The van der Waals surface area contributed by atoms with Crippen molar-refractivity contribution in [3.63, 3.8) is 0 Å². The molecule has 0 saturated carbocycles. The zero-order valence-electron chi connectivity index (χ0n) is 16.8. The van der Waals surface area contributed by atoms with Gasteiger partial charge in [0, 0.05) is 0 Å². The van der Waals surface area contributed by atoms with Crippen molar-refractivity contribution >= 4 is 10.1 Å². The standard InChI is InChI=1S/C21H36O5S/c1-3-4-5-6-7-8-9-10-11-12-20(22)21(23)17-26-27(24,25)19-15-13-18(2)14-16-19/h13-16,20-23H,3-12,17H2,1-2H3/t20-,21-/m0/s1. The first kappa shape index (κ1) is 24.1. The molecule has 27 heavy (non-hydrogen) atoms. The van der Waals surface area contributed by atoms with E-state index in [-0.39, 0.29) is 4.90 Å². The Bertz CT molecular complexity index is 598. The average molecular weight is 401 g/mol. The smallest absolute Gasteiger partial charge is 0.297 e. The van der Waals surface area contributed by atoms with E-state index in [1.807, 2.05) is 6.92 Å². The summed E-state index contributed by atoms with van der Waals surface area (Å²) in [5, 5.41) is 20.0. The van der Waals surface area contributed by atoms with E-state index in [2.05, 4.69) is 6.92 Å². The minimum atomic E-state index is -3.92. The lowest BCUT2D eigenvalue weighted by molar-refractivity contribution is -0.0113. The first-order valence-corrected chi connectivity index (χ1v) is 11.6. The SMILES string of the molecule is CCCCCCCCCCC[C@H](O)[C@@H](O)COS(=O)(=O)c1ccc(C)cc1. The molecule has 0 aliphatic heterocycles. The van der Waals surface area contributed by atoms with Crippen LogP contribution in [0, 0.1) is 6.92 Å². The van der Waals surface area contributed by atoms with E-state index >= 15 is 0 Å². The van der Waals surface area contributed by atoms with Crippen LogP contribution in [0.5, 0.6) is 0 Å². The Hall–Kier alpha value is -0.950. The van der Waals surface area contributed by atoms with Crippen LogP contribution in [0.3, 0.4) is 0 Å². The minimum absolute atomic E-state index is 0.0497. The maximum atomic E-state index is 12.1. The second-order valence-corrected chi connectivity index (χ2v) is 8.92. The van der Waals surface area contributed by atoms with Crippen molar-refractivity contribution < 1.29 is 22.8 Å². The Balaban J connectivity index is 2.18. The van der Waals surface area contributed by atoms with Gasteiger partial charge in [-0.1, -0.05) is 82.4 Å². The van der Waals surface area contributed by atoms with Gasteiger partial charge in [-0.05, 0) is 25.5 Å². The summed E-state index contributed by atoms with van der Waals surface area (Å²) in [6.07, 6.45) is 8.88. The summed E-state index contributed by atoms with van der Waals surface area (Å²) in [7, 11) is -3.92. The van der Waals surface area contributed by atoms with E-state index in [0.29, 0.717) is 6.42 Å². The predicted octanol–water partition coefficient (Wildman–Crippen LogP) is 4.34. The molecular formula is C21H36O5S. The van der Waals surface area contributed by atoms with E-state index < -0.39 is 28.9 Å². The second kappa shape index (κ2) is 13.3. The third-order valence-electron chi connectivity index (χ3n) is 4.75. The molecule has 5 nitrogen and oxygen atoms in total. The summed E-state index contributed by atoms with van der Waals surface area (Å²) in [6.45, 7) is 3.64. The molecule has 0 saturated heterocycles. The normalized spacial score (nSPS) is 14.2. The largest absolute Gasteiger partial charge is 0.390 e. The van der Waals surface area contributed by atoms with Gasteiger partial charge in [0.15, 0.2) is 0 Å². The monoisotopic (exact) mass is 400 g/mol. The highest BCUT2D eigenvalue weighted by Crippen LogP contribution is 2.16. The van der Waals surface area contributed by atoms with Crippen LogP contribution in [0.2, 0.25) is 0 Å². The number of hydrogen-bond acceptors (Lipinski definition) is 5. The molecule has 0 heterocycles. The van der Waals surface area contributed by atoms with Crippen molar-refractivity contribution in [2.45, 2.75) is 95.2 Å². The van der Waals surface area contributed by atoms with Crippen LogP contribution in [0.25, 0.3) is 0 Å². The molecule has 156 valence electrons. The number of rotatable bonds is 15. The fourth-order valence-electron chi connectivity index (χ4n) is 2.90. The molecule has 6 heteroatoms. The van der Waals surface area contributed by atoms with Gasteiger partial charge in [0.2, 0.25) is 0 Å². The van der Waals surface area contributed by atoms with Gasteiger partial charge >= 0.3 is 0 Å².